The third-order valence-corrected chi connectivity index (χ3v) is 5.07. The Kier molecular flexibility index (Phi) is 5.41. The molecule has 0 saturated carbocycles. The number of hydrogen-bond donors (Lipinski definition) is 1. The summed E-state index contributed by atoms with van der Waals surface area (Å²) in [5.41, 5.74) is 0.938. The maximum Gasteiger partial charge on any atom is 0.409 e. The predicted molar refractivity (Wildman–Crippen MR) is 88.5 cm³/mol. The van der Waals surface area contributed by atoms with E-state index in [9.17, 15) is 9.90 Å². The van der Waals surface area contributed by atoms with Crippen molar-refractivity contribution < 1.29 is 14.6 Å². The van der Waals surface area contributed by atoms with Crippen LogP contribution in [0.2, 0.25) is 5.02 Å². The average molecular weight is 339 g/mol. The molecule has 2 heterocycles. The van der Waals surface area contributed by atoms with E-state index in [2.05, 4.69) is 4.90 Å². The van der Waals surface area contributed by atoms with Crippen LogP contribution in [0.3, 0.4) is 0 Å². The molecule has 0 aromatic heterocycles. The molecule has 1 aromatic rings. The third-order valence-electron chi connectivity index (χ3n) is 4.82. The van der Waals surface area contributed by atoms with Crippen LogP contribution in [-0.4, -0.2) is 60.3 Å². The first kappa shape index (κ1) is 16.6. The first-order chi connectivity index (χ1) is 11.1. The second-order valence-electron chi connectivity index (χ2n) is 6.28. The number of likely N-dealkylation sites (tertiary alicyclic amines) is 1. The Bertz CT molecular complexity index is 529. The lowest BCUT2D eigenvalue weighted by Gasteiger charge is -2.34. The first-order valence-electron chi connectivity index (χ1n) is 8.21. The summed E-state index contributed by atoms with van der Waals surface area (Å²) in [6, 6.07) is 7.45. The van der Waals surface area contributed by atoms with Gasteiger partial charge in [-0.2, -0.15) is 0 Å². The average Bonchev–Trinajstić information content (AvgIpc) is 2.99. The number of amides is 1. The number of ether oxygens (including phenoxy) is 1. The van der Waals surface area contributed by atoms with E-state index in [-0.39, 0.29) is 12.0 Å². The highest BCUT2D eigenvalue weighted by atomic mass is 35.5. The molecular formula is C17H23ClN2O3. The minimum Gasteiger partial charge on any atom is -0.448 e. The number of piperidine rings is 1. The summed E-state index contributed by atoms with van der Waals surface area (Å²) in [5.74, 6) is 0.282. The Labute approximate surface area is 141 Å². The second kappa shape index (κ2) is 7.51. The molecule has 6 heteroatoms. The van der Waals surface area contributed by atoms with Gasteiger partial charge in [0.25, 0.3) is 0 Å². The molecule has 2 aliphatic heterocycles. The molecule has 1 N–H and O–H groups in total. The number of hydrogen-bond acceptors (Lipinski definition) is 4. The van der Waals surface area contributed by atoms with Gasteiger partial charge in [0.2, 0.25) is 0 Å². The van der Waals surface area contributed by atoms with Crippen LogP contribution in [0.25, 0.3) is 0 Å². The van der Waals surface area contributed by atoms with Gasteiger partial charge in [0.15, 0.2) is 0 Å². The van der Waals surface area contributed by atoms with Crippen LogP contribution in [0.15, 0.2) is 24.3 Å². The quantitative estimate of drug-likeness (QED) is 0.896. The van der Waals surface area contributed by atoms with E-state index in [1.54, 1.807) is 4.90 Å². The van der Waals surface area contributed by atoms with E-state index in [4.69, 9.17) is 16.3 Å². The van der Waals surface area contributed by atoms with Crippen LogP contribution in [-0.2, 0) is 4.74 Å². The molecule has 2 saturated heterocycles. The standard InChI is InChI=1S/C17H23ClN2O3/c18-15-3-1-13(2-4-15)16(21)14-5-7-19(8-6-14)9-10-20-11-12-23-17(20)22/h1-4,14,16,21H,5-12H2/t16-/m1/s1. The Morgan fingerprint density at radius 2 is 1.87 bits per heavy atom. The van der Waals surface area contributed by atoms with Gasteiger partial charge in [0, 0.05) is 18.1 Å². The number of carbonyl (C=O) groups is 1. The van der Waals surface area contributed by atoms with Crippen molar-refractivity contribution in [3.63, 3.8) is 0 Å². The maximum atomic E-state index is 11.4. The number of nitrogens with zero attached hydrogens (tertiary/aromatic N) is 2. The zero-order valence-electron chi connectivity index (χ0n) is 13.2. The summed E-state index contributed by atoms with van der Waals surface area (Å²) in [6.07, 6.45) is 1.31. The molecule has 23 heavy (non-hydrogen) atoms. The minimum absolute atomic E-state index is 0.196. The molecule has 2 aliphatic rings. The van der Waals surface area contributed by atoms with E-state index in [1.807, 2.05) is 24.3 Å². The number of benzene rings is 1. The van der Waals surface area contributed by atoms with Gasteiger partial charge in [-0.25, -0.2) is 4.79 Å². The van der Waals surface area contributed by atoms with Crippen LogP contribution < -0.4 is 0 Å². The van der Waals surface area contributed by atoms with Crippen LogP contribution in [0.5, 0.6) is 0 Å². The molecule has 126 valence electrons. The number of rotatable bonds is 5. The molecule has 3 rings (SSSR count). The van der Waals surface area contributed by atoms with Crippen molar-refractivity contribution in [1.82, 2.24) is 9.80 Å². The molecule has 0 radical (unpaired) electrons. The van der Waals surface area contributed by atoms with Crippen LogP contribution >= 0.6 is 11.6 Å². The SMILES string of the molecule is O=C1OCCN1CCN1CCC([C@H](O)c2ccc(Cl)cc2)CC1. The Hall–Kier alpha value is -1.30. The van der Waals surface area contributed by atoms with Gasteiger partial charge < -0.3 is 19.6 Å². The van der Waals surface area contributed by atoms with Crippen molar-refractivity contribution in [2.24, 2.45) is 5.92 Å². The Balaban J connectivity index is 1.44. The lowest BCUT2D eigenvalue weighted by molar-refractivity contribution is 0.0570. The van der Waals surface area contributed by atoms with Gasteiger partial charge >= 0.3 is 6.09 Å². The maximum absolute atomic E-state index is 11.4. The number of cyclic esters (lactones) is 1. The topological polar surface area (TPSA) is 53.0 Å². The predicted octanol–water partition coefficient (Wildman–Crippen LogP) is 2.54. The molecule has 5 nitrogen and oxygen atoms in total. The second-order valence-corrected chi connectivity index (χ2v) is 6.71. The van der Waals surface area contributed by atoms with Gasteiger partial charge in [0.1, 0.15) is 6.61 Å². The molecule has 0 aliphatic carbocycles. The largest absolute Gasteiger partial charge is 0.448 e. The normalized spacial score (nSPS) is 21.5. The van der Waals surface area contributed by atoms with Crippen molar-refractivity contribution in [3.8, 4) is 0 Å². The highest BCUT2D eigenvalue weighted by molar-refractivity contribution is 6.30. The fourth-order valence-corrected chi connectivity index (χ4v) is 3.44. The van der Waals surface area contributed by atoms with Gasteiger partial charge in [-0.15, -0.1) is 0 Å². The summed E-state index contributed by atoms with van der Waals surface area (Å²) in [5, 5.41) is 11.2. The zero-order valence-corrected chi connectivity index (χ0v) is 13.9. The van der Waals surface area contributed by atoms with Crippen LogP contribution in [0.1, 0.15) is 24.5 Å². The highest BCUT2D eigenvalue weighted by Crippen LogP contribution is 2.31. The van der Waals surface area contributed by atoms with Crippen molar-refractivity contribution >= 4 is 17.7 Å². The lowest BCUT2D eigenvalue weighted by atomic mass is 9.87. The summed E-state index contributed by atoms with van der Waals surface area (Å²) >= 11 is 5.89. The van der Waals surface area contributed by atoms with Crippen molar-refractivity contribution in [2.75, 3.05) is 39.3 Å². The summed E-state index contributed by atoms with van der Waals surface area (Å²) in [7, 11) is 0. The van der Waals surface area contributed by atoms with Crippen molar-refractivity contribution in [1.29, 1.82) is 0 Å². The molecule has 0 spiro atoms. The van der Waals surface area contributed by atoms with E-state index < -0.39 is 6.10 Å². The zero-order chi connectivity index (χ0) is 16.2. The van der Waals surface area contributed by atoms with Gasteiger partial charge in [-0.05, 0) is 49.5 Å². The summed E-state index contributed by atoms with van der Waals surface area (Å²) < 4.78 is 4.94. The molecule has 0 bridgehead atoms. The van der Waals surface area contributed by atoms with Crippen LogP contribution in [0, 0.1) is 5.92 Å². The number of carbonyl (C=O) groups excluding carboxylic acids is 1. The van der Waals surface area contributed by atoms with Crippen molar-refractivity contribution in [2.45, 2.75) is 18.9 Å². The smallest absolute Gasteiger partial charge is 0.409 e. The van der Waals surface area contributed by atoms with E-state index in [0.29, 0.717) is 18.2 Å². The molecule has 1 aromatic carbocycles. The van der Waals surface area contributed by atoms with E-state index in [1.165, 1.54) is 0 Å². The van der Waals surface area contributed by atoms with Crippen molar-refractivity contribution in [3.05, 3.63) is 34.9 Å². The highest BCUT2D eigenvalue weighted by Gasteiger charge is 2.27. The van der Waals surface area contributed by atoms with E-state index >= 15 is 0 Å². The molecular weight excluding hydrogens is 316 g/mol. The fourth-order valence-electron chi connectivity index (χ4n) is 3.32. The minimum atomic E-state index is -0.428. The number of aliphatic hydroxyl groups excluding tert-OH is 1. The Morgan fingerprint density at radius 3 is 2.48 bits per heavy atom. The van der Waals surface area contributed by atoms with Gasteiger partial charge in [-0.1, -0.05) is 23.7 Å². The molecule has 1 atom stereocenters. The lowest BCUT2D eigenvalue weighted by Crippen LogP contribution is -2.40. The first-order valence-corrected chi connectivity index (χ1v) is 8.59. The van der Waals surface area contributed by atoms with E-state index in [0.717, 1.165) is 44.6 Å². The van der Waals surface area contributed by atoms with Crippen LogP contribution in [0.4, 0.5) is 4.79 Å². The summed E-state index contributed by atoms with van der Waals surface area (Å²) in [4.78, 5) is 15.5. The monoisotopic (exact) mass is 338 g/mol. The molecule has 1 amide bonds. The third kappa shape index (κ3) is 4.16. The van der Waals surface area contributed by atoms with Gasteiger partial charge in [-0.3, -0.25) is 0 Å². The summed E-state index contributed by atoms with van der Waals surface area (Å²) in [6.45, 7) is 4.72. The molecule has 0 unspecified atom stereocenters. The van der Waals surface area contributed by atoms with Gasteiger partial charge in [0.05, 0.1) is 12.6 Å². The molecule has 2 fully saturated rings. The number of halogens is 1. The fraction of sp³-hybridized carbons (Fsp3) is 0.588. The Morgan fingerprint density at radius 1 is 1.17 bits per heavy atom. The number of aliphatic hydroxyl groups is 1.